The van der Waals surface area contributed by atoms with Gasteiger partial charge < -0.3 is 21.1 Å². The Morgan fingerprint density at radius 1 is 1.14 bits per heavy atom. The molecule has 0 aliphatic carbocycles. The highest BCUT2D eigenvalue weighted by Crippen LogP contribution is 2.33. The number of nitrogens with one attached hydrogen (secondary N) is 2. The fraction of sp³-hybridized carbons (Fsp3) is 0.308. The molecule has 2 aromatic carbocycles. The van der Waals surface area contributed by atoms with E-state index in [1.165, 1.54) is 6.33 Å². The highest BCUT2D eigenvalue weighted by Gasteiger charge is 2.23. The van der Waals surface area contributed by atoms with Gasteiger partial charge in [-0.3, -0.25) is 4.79 Å². The van der Waals surface area contributed by atoms with Crippen LogP contribution in [-0.2, 0) is 6.42 Å². The first-order valence-electron chi connectivity index (χ1n) is 11.9. The standard InChI is InChI=1S/C26H29N7O2/c1-35-21-5-3-2-4-20(21)26(34)29-15-10-17-6-8-18(9-7-17)23-22-24(27)30-16-31-25(22)33(32-23)19-11-13-28-14-12-19/h2-9,16,19,28H,10-15H2,1H3,(H,29,34)(H2,27,30,31). The van der Waals surface area contributed by atoms with E-state index in [1.807, 2.05) is 28.9 Å². The topological polar surface area (TPSA) is 120 Å². The van der Waals surface area contributed by atoms with Crippen molar-refractivity contribution in [1.29, 1.82) is 0 Å². The molecule has 0 unspecified atom stereocenters. The first-order valence-corrected chi connectivity index (χ1v) is 11.9. The Labute approximate surface area is 203 Å². The van der Waals surface area contributed by atoms with Gasteiger partial charge in [-0.05, 0) is 50.0 Å². The lowest BCUT2D eigenvalue weighted by molar-refractivity contribution is 0.0951. The van der Waals surface area contributed by atoms with Gasteiger partial charge in [-0.25, -0.2) is 14.6 Å². The highest BCUT2D eigenvalue weighted by molar-refractivity contribution is 5.98. The molecule has 2 aromatic heterocycles. The van der Waals surface area contributed by atoms with Crippen LogP contribution in [0.5, 0.6) is 5.75 Å². The quantitative estimate of drug-likeness (QED) is 0.379. The molecule has 1 aliphatic rings. The largest absolute Gasteiger partial charge is 0.496 e. The molecular weight excluding hydrogens is 442 g/mol. The van der Waals surface area contributed by atoms with Crippen molar-refractivity contribution in [3.05, 3.63) is 66.0 Å². The molecule has 180 valence electrons. The fourth-order valence-electron chi connectivity index (χ4n) is 4.58. The number of amides is 1. The number of nitrogen functional groups attached to an aromatic ring is 1. The lowest BCUT2D eigenvalue weighted by Gasteiger charge is -2.23. The van der Waals surface area contributed by atoms with Crippen LogP contribution in [0.4, 0.5) is 5.82 Å². The predicted octanol–water partition coefficient (Wildman–Crippen LogP) is 2.98. The third-order valence-electron chi connectivity index (χ3n) is 6.45. The number of carbonyl (C=O) groups excluding carboxylic acids is 1. The normalized spacial score (nSPS) is 14.2. The number of nitrogens with zero attached hydrogens (tertiary/aromatic N) is 4. The molecule has 4 N–H and O–H groups in total. The summed E-state index contributed by atoms with van der Waals surface area (Å²) >= 11 is 0. The molecule has 0 bridgehead atoms. The third-order valence-corrected chi connectivity index (χ3v) is 6.45. The van der Waals surface area contributed by atoms with E-state index in [4.69, 9.17) is 15.6 Å². The number of nitrogens with two attached hydrogens (primary N) is 1. The maximum atomic E-state index is 12.5. The number of ether oxygens (including phenoxy) is 1. The summed E-state index contributed by atoms with van der Waals surface area (Å²) in [5, 5.41) is 12.1. The Morgan fingerprint density at radius 3 is 2.69 bits per heavy atom. The van der Waals surface area contributed by atoms with E-state index < -0.39 is 0 Å². The summed E-state index contributed by atoms with van der Waals surface area (Å²) in [5.41, 5.74) is 10.4. The van der Waals surface area contributed by atoms with Gasteiger partial charge in [-0.2, -0.15) is 5.10 Å². The summed E-state index contributed by atoms with van der Waals surface area (Å²) in [5.74, 6) is 0.853. The molecule has 3 heterocycles. The first kappa shape index (κ1) is 22.8. The first-order chi connectivity index (χ1) is 17.2. The zero-order chi connectivity index (χ0) is 24.2. The van der Waals surface area contributed by atoms with Gasteiger partial charge in [0.2, 0.25) is 0 Å². The molecule has 1 amide bonds. The lowest BCUT2D eigenvalue weighted by atomic mass is 10.1. The molecule has 5 rings (SSSR count). The average molecular weight is 472 g/mol. The number of rotatable bonds is 7. The van der Waals surface area contributed by atoms with E-state index in [0.29, 0.717) is 30.1 Å². The molecule has 1 fully saturated rings. The molecule has 9 nitrogen and oxygen atoms in total. The van der Waals surface area contributed by atoms with Crippen LogP contribution in [0.1, 0.15) is 34.8 Å². The second kappa shape index (κ2) is 10.1. The molecule has 0 saturated carbocycles. The number of para-hydroxylation sites is 1. The van der Waals surface area contributed by atoms with Crippen molar-refractivity contribution in [2.24, 2.45) is 0 Å². The Kier molecular flexibility index (Phi) is 6.58. The van der Waals surface area contributed by atoms with E-state index >= 15 is 0 Å². The van der Waals surface area contributed by atoms with Crippen molar-refractivity contribution in [2.45, 2.75) is 25.3 Å². The van der Waals surface area contributed by atoms with Gasteiger partial charge in [0.1, 0.15) is 23.6 Å². The van der Waals surface area contributed by atoms with Gasteiger partial charge in [-0.15, -0.1) is 0 Å². The minimum Gasteiger partial charge on any atom is -0.496 e. The fourth-order valence-corrected chi connectivity index (χ4v) is 4.58. The number of hydrogen-bond donors (Lipinski definition) is 3. The van der Waals surface area contributed by atoms with Crippen molar-refractivity contribution in [3.8, 4) is 17.0 Å². The molecular formula is C26H29N7O2. The molecule has 1 aliphatic heterocycles. The molecule has 4 aromatic rings. The van der Waals surface area contributed by atoms with E-state index in [9.17, 15) is 4.79 Å². The summed E-state index contributed by atoms with van der Waals surface area (Å²) in [6.07, 6.45) is 4.21. The van der Waals surface area contributed by atoms with E-state index in [0.717, 1.165) is 53.8 Å². The van der Waals surface area contributed by atoms with Crippen LogP contribution >= 0.6 is 0 Å². The van der Waals surface area contributed by atoms with E-state index in [-0.39, 0.29) is 11.9 Å². The second-order valence-electron chi connectivity index (χ2n) is 8.63. The number of anilines is 1. The average Bonchev–Trinajstić information content (AvgIpc) is 3.30. The predicted molar refractivity (Wildman–Crippen MR) is 135 cm³/mol. The van der Waals surface area contributed by atoms with Gasteiger partial charge >= 0.3 is 0 Å². The maximum Gasteiger partial charge on any atom is 0.255 e. The highest BCUT2D eigenvalue weighted by atomic mass is 16.5. The van der Waals surface area contributed by atoms with Gasteiger partial charge in [0.15, 0.2) is 5.65 Å². The minimum atomic E-state index is -0.149. The molecule has 9 heteroatoms. The molecule has 0 spiro atoms. The number of fused-ring (bicyclic) bond motifs is 1. The zero-order valence-corrected chi connectivity index (χ0v) is 19.7. The Bertz CT molecular complexity index is 1330. The van der Waals surface area contributed by atoms with Crippen molar-refractivity contribution in [3.63, 3.8) is 0 Å². The summed E-state index contributed by atoms with van der Waals surface area (Å²) in [6, 6.07) is 15.7. The van der Waals surface area contributed by atoms with Gasteiger partial charge in [0.25, 0.3) is 5.91 Å². The number of methoxy groups -OCH3 is 1. The van der Waals surface area contributed by atoms with Gasteiger partial charge in [-0.1, -0.05) is 36.4 Å². The van der Waals surface area contributed by atoms with Crippen LogP contribution in [0.3, 0.4) is 0 Å². The summed E-state index contributed by atoms with van der Waals surface area (Å²) in [6.45, 7) is 2.44. The molecule has 1 saturated heterocycles. The molecule has 35 heavy (non-hydrogen) atoms. The Balaban J connectivity index is 1.32. The summed E-state index contributed by atoms with van der Waals surface area (Å²) < 4.78 is 7.29. The van der Waals surface area contributed by atoms with Gasteiger partial charge in [0.05, 0.1) is 24.1 Å². The number of benzene rings is 2. The number of carbonyl (C=O) groups is 1. The SMILES string of the molecule is COc1ccccc1C(=O)NCCc1ccc(-c2nn(C3CCNCC3)c3ncnc(N)c23)cc1. The van der Waals surface area contributed by atoms with Crippen molar-refractivity contribution in [2.75, 3.05) is 32.5 Å². The number of aromatic nitrogens is 4. The van der Waals surface area contributed by atoms with Crippen molar-refractivity contribution >= 4 is 22.8 Å². The Hall–Kier alpha value is -3.98. The smallest absolute Gasteiger partial charge is 0.255 e. The van der Waals surface area contributed by atoms with E-state index in [2.05, 4.69) is 32.7 Å². The zero-order valence-electron chi connectivity index (χ0n) is 19.7. The monoisotopic (exact) mass is 471 g/mol. The molecule has 0 atom stereocenters. The van der Waals surface area contributed by atoms with Crippen LogP contribution in [0.2, 0.25) is 0 Å². The molecule has 0 radical (unpaired) electrons. The van der Waals surface area contributed by atoms with Crippen LogP contribution in [0, 0.1) is 0 Å². The minimum absolute atomic E-state index is 0.149. The van der Waals surface area contributed by atoms with Crippen molar-refractivity contribution < 1.29 is 9.53 Å². The lowest BCUT2D eigenvalue weighted by Crippen LogP contribution is -2.30. The van der Waals surface area contributed by atoms with Crippen LogP contribution in [0.15, 0.2) is 54.9 Å². The van der Waals surface area contributed by atoms with Crippen LogP contribution in [0.25, 0.3) is 22.3 Å². The number of hydrogen-bond acceptors (Lipinski definition) is 7. The Morgan fingerprint density at radius 2 is 1.91 bits per heavy atom. The number of piperidine rings is 1. The van der Waals surface area contributed by atoms with E-state index in [1.54, 1.807) is 19.2 Å². The summed E-state index contributed by atoms with van der Waals surface area (Å²) in [4.78, 5) is 21.2. The second-order valence-corrected chi connectivity index (χ2v) is 8.63. The van der Waals surface area contributed by atoms with Crippen molar-refractivity contribution in [1.82, 2.24) is 30.4 Å². The maximum absolute atomic E-state index is 12.5. The summed E-state index contributed by atoms with van der Waals surface area (Å²) in [7, 11) is 1.56. The van der Waals surface area contributed by atoms with Gasteiger partial charge in [0, 0.05) is 12.1 Å². The van der Waals surface area contributed by atoms with Crippen LogP contribution in [-0.4, -0.2) is 52.4 Å². The van der Waals surface area contributed by atoms with Crippen LogP contribution < -0.4 is 21.1 Å². The third kappa shape index (κ3) is 4.67.